The van der Waals surface area contributed by atoms with E-state index in [1.165, 1.54) is 14.7 Å². The molecule has 1 aromatic carbocycles. The first kappa shape index (κ1) is 20.0. The summed E-state index contributed by atoms with van der Waals surface area (Å²) in [7, 11) is -3.58. The summed E-state index contributed by atoms with van der Waals surface area (Å²) in [6.07, 6.45) is 3.24. The van der Waals surface area contributed by atoms with Gasteiger partial charge in [0.15, 0.2) is 0 Å². The first-order valence-corrected chi connectivity index (χ1v) is 11.6. The molecule has 0 unspecified atom stereocenters. The number of anilines is 1. The molecular weight excluding hydrogens is 380 g/mol. The number of hydrogen-bond donors (Lipinski definition) is 1. The SMILES string of the molecule is CCN(CC)S(=O)(=O)c1cc(C)c(C)c(NC(=O)c2cc3c(s2)CCC3)c1. The van der Waals surface area contributed by atoms with Gasteiger partial charge in [0.1, 0.15) is 0 Å². The van der Waals surface area contributed by atoms with Gasteiger partial charge in [0, 0.05) is 23.7 Å². The van der Waals surface area contributed by atoms with Crippen molar-refractivity contribution in [1.29, 1.82) is 0 Å². The van der Waals surface area contributed by atoms with Crippen LogP contribution in [0.3, 0.4) is 0 Å². The molecule has 2 aromatic rings. The Kier molecular flexibility index (Phi) is 5.74. The monoisotopic (exact) mass is 406 g/mol. The number of rotatable bonds is 6. The largest absolute Gasteiger partial charge is 0.321 e. The van der Waals surface area contributed by atoms with Crippen LogP contribution < -0.4 is 5.32 Å². The van der Waals surface area contributed by atoms with E-state index in [4.69, 9.17) is 0 Å². The fourth-order valence-electron chi connectivity index (χ4n) is 3.44. The molecule has 1 heterocycles. The number of sulfonamides is 1. The predicted molar refractivity (Wildman–Crippen MR) is 110 cm³/mol. The quantitative estimate of drug-likeness (QED) is 0.784. The van der Waals surface area contributed by atoms with Crippen molar-refractivity contribution in [2.45, 2.75) is 51.9 Å². The van der Waals surface area contributed by atoms with Gasteiger partial charge in [-0.25, -0.2) is 8.42 Å². The summed E-state index contributed by atoms with van der Waals surface area (Å²) in [6, 6.07) is 5.23. The van der Waals surface area contributed by atoms with Gasteiger partial charge in [0.25, 0.3) is 5.91 Å². The molecule has 1 aliphatic rings. The Hall–Kier alpha value is -1.70. The van der Waals surface area contributed by atoms with E-state index in [2.05, 4.69) is 5.32 Å². The van der Waals surface area contributed by atoms with Crippen LogP contribution in [-0.2, 0) is 22.9 Å². The van der Waals surface area contributed by atoms with Crippen molar-refractivity contribution >= 4 is 33.0 Å². The van der Waals surface area contributed by atoms with Crippen LogP contribution in [-0.4, -0.2) is 31.7 Å². The van der Waals surface area contributed by atoms with Gasteiger partial charge in [-0.05, 0) is 68.0 Å². The lowest BCUT2D eigenvalue weighted by Gasteiger charge is -2.20. The second-order valence-corrected chi connectivity index (χ2v) is 9.94. The van der Waals surface area contributed by atoms with Crippen LogP contribution in [0.15, 0.2) is 23.1 Å². The van der Waals surface area contributed by atoms with Crippen LogP contribution in [0.5, 0.6) is 0 Å². The van der Waals surface area contributed by atoms with Crippen LogP contribution in [0.25, 0.3) is 0 Å². The summed E-state index contributed by atoms with van der Waals surface area (Å²) >= 11 is 1.54. The Morgan fingerprint density at radius 1 is 1.15 bits per heavy atom. The topological polar surface area (TPSA) is 66.5 Å². The molecule has 1 aliphatic carbocycles. The van der Waals surface area contributed by atoms with E-state index in [1.54, 1.807) is 23.5 Å². The van der Waals surface area contributed by atoms with E-state index < -0.39 is 10.0 Å². The minimum absolute atomic E-state index is 0.172. The summed E-state index contributed by atoms with van der Waals surface area (Å²) in [4.78, 5) is 14.9. The van der Waals surface area contributed by atoms with Crippen molar-refractivity contribution in [2.75, 3.05) is 18.4 Å². The molecule has 0 aliphatic heterocycles. The average Bonchev–Trinajstić information content (AvgIpc) is 3.21. The summed E-state index contributed by atoms with van der Waals surface area (Å²) in [6.45, 7) is 8.23. The Morgan fingerprint density at radius 3 is 2.48 bits per heavy atom. The fraction of sp³-hybridized carbons (Fsp3) is 0.450. The highest BCUT2D eigenvalue weighted by Crippen LogP contribution is 2.32. The molecule has 0 spiro atoms. The molecule has 0 atom stereocenters. The third-order valence-corrected chi connectivity index (χ3v) is 8.47. The van der Waals surface area contributed by atoms with Crippen molar-refractivity contribution in [3.8, 4) is 0 Å². The van der Waals surface area contributed by atoms with Gasteiger partial charge in [-0.15, -0.1) is 11.3 Å². The molecule has 27 heavy (non-hydrogen) atoms. The van der Waals surface area contributed by atoms with Gasteiger partial charge >= 0.3 is 0 Å². The molecule has 1 aromatic heterocycles. The van der Waals surface area contributed by atoms with Crippen LogP contribution in [0.2, 0.25) is 0 Å². The molecule has 0 fully saturated rings. The highest BCUT2D eigenvalue weighted by Gasteiger charge is 2.24. The van der Waals surface area contributed by atoms with E-state index in [-0.39, 0.29) is 10.8 Å². The second-order valence-electron chi connectivity index (χ2n) is 6.87. The number of hydrogen-bond acceptors (Lipinski definition) is 4. The zero-order valence-corrected chi connectivity index (χ0v) is 17.9. The number of nitrogens with one attached hydrogen (secondary N) is 1. The minimum atomic E-state index is -3.58. The number of nitrogens with zero attached hydrogens (tertiary/aromatic N) is 1. The Morgan fingerprint density at radius 2 is 1.85 bits per heavy atom. The fourth-order valence-corrected chi connectivity index (χ4v) is 6.16. The molecule has 3 rings (SSSR count). The van der Waals surface area contributed by atoms with Crippen LogP contribution in [0.4, 0.5) is 5.69 Å². The number of aryl methyl sites for hydroxylation is 3. The van der Waals surface area contributed by atoms with Crippen LogP contribution in [0.1, 0.15) is 51.5 Å². The number of amides is 1. The number of carbonyl (C=O) groups excluding carboxylic acids is 1. The van der Waals surface area contributed by atoms with Gasteiger partial charge in [-0.3, -0.25) is 4.79 Å². The standard InChI is InChI=1S/C20H26N2O3S2/c1-5-22(6-2)27(24,25)16-10-13(3)14(4)17(12-16)21-20(23)19-11-15-8-7-9-18(15)26-19/h10-12H,5-9H2,1-4H3,(H,21,23). The maximum absolute atomic E-state index is 12.9. The van der Waals surface area contributed by atoms with Crippen molar-refractivity contribution in [2.24, 2.45) is 0 Å². The molecule has 0 saturated carbocycles. The lowest BCUT2D eigenvalue weighted by atomic mass is 10.1. The molecule has 0 radical (unpaired) electrons. The van der Waals surface area contributed by atoms with Crippen LogP contribution in [0, 0.1) is 13.8 Å². The van der Waals surface area contributed by atoms with Gasteiger partial charge in [0.2, 0.25) is 10.0 Å². The zero-order valence-electron chi connectivity index (χ0n) is 16.3. The predicted octanol–water partition coefficient (Wildman–Crippen LogP) is 4.14. The van der Waals surface area contributed by atoms with Gasteiger partial charge in [0.05, 0.1) is 9.77 Å². The first-order chi connectivity index (χ1) is 12.8. The lowest BCUT2D eigenvalue weighted by molar-refractivity contribution is 0.103. The third kappa shape index (κ3) is 3.81. The molecule has 1 amide bonds. The van der Waals surface area contributed by atoms with Gasteiger partial charge in [-0.1, -0.05) is 13.8 Å². The molecule has 0 bridgehead atoms. The smallest absolute Gasteiger partial charge is 0.265 e. The van der Waals surface area contributed by atoms with Crippen LogP contribution >= 0.6 is 11.3 Å². The molecule has 1 N–H and O–H groups in total. The van der Waals surface area contributed by atoms with E-state index >= 15 is 0 Å². The molecule has 146 valence electrons. The highest BCUT2D eigenvalue weighted by atomic mass is 32.2. The average molecular weight is 407 g/mol. The normalized spacial score (nSPS) is 13.8. The Labute approximate surface area is 165 Å². The van der Waals surface area contributed by atoms with E-state index in [0.717, 1.165) is 30.4 Å². The van der Waals surface area contributed by atoms with Crippen molar-refractivity contribution in [3.05, 3.63) is 44.6 Å². The Balaban J connectivity index is 1.93. The van der Waals surface area contributed by atoms with E-state index in [0.29, 0.717) is 23.7 Å². The highest BCUT2D eigenvalue weighted by molar-refractivity contribution is 7.89. The van der Waals surface area contributed by atoms with Crippen molar-refractivity contribution in [1.82, 2.24) is 4.31 Å². The summed E-state index contributed by atoms with van der Waals surface area (Å²) in [5.41, 5.74) is 3.55. The number of benzene rings is 1. The van der Waals surface area contributed by atoms with Crippen molar-refractivity contribution in [3.63, 3.8) is 0 Å². The summed E-state index contributed by atoms with van der Waals surface area (Å²) < 4.78 is 27.2. The number of thiophene rings is 1. The van der Waals surface area contributed by atoms with Crippen molar-refractivity contribution < 1.29 is 13.2 Å². The molecule has 0 saturated heterocycles. The zero-order chi connectivity index (χ0) is 19.8. The Bertz CT molecular complexity index is 952. The summed E-state index contributed by atoms with van der Waals surface area (Å²) in [5.74, 6) is -0.172. The second kappa shape index (κ2) is 7.73. The molecular formula is C20H26N2O3S2. The lowest BCUT2D eigenvalue weighted by Crippen LogP contribution is -2.30. The number of fused-ring (bicyclic) bond motifs is 1. The third-order valence-electron chi connectivity index (χ3n) is 5.20. The van der Waals surface area contributed by atoms with Gasteiger partial charge in [-0.2, -0.15) is 4.31 Å². The number of carbonyl (C=O) groups is 1. The van der Waals surface area contributed by atoms with E-state index in [9.17, 15) is 13.2 Å². The van der Waals surface area contributed by atoms with Gasteiger partial charge < -0.3 is 5.32 Å². The molecule has 7 heteroatoms. The first-order valence-electron chi connectivity index (χ1n) is 9.32. The minimum Gasteiger partial charge on any atom is -0.321 e. The molecule has 5 nitrogen and oxygen atoms in total. The maximum Gasteiger partial charge on any atom is 0.265 e. The maximum atomic E-state index is 12.9. The van der Waals surface area contributed by atoms with E-state index in [1.807, 2.05) is 33.8 Å². The summed E-state index contributed by atoms with van der Waals surface area (Å²) in [5, 5.41) is 2.93.